The predicted molar refractivity (Wildman–Crippen MR) is 76.9 cm³/mol. The molecule has 1 aliphatic rings. The van der Waals surface area contributed by atoms with Gasteiger partial charge in [0.05, 0.1) is 5.92 Å². The molecule has 1 aromatic carbocycles. The van der Waals surface area contributed by atoms with Crippen LogP contribution in [0.1, 0.15) is 25.3 Å². The third kappa shape index (κ3) is 3.29. The van der Waals surface area contributed by atoms with E-state index in [2.05, 4.69) is 5.32 Å². The Kier molecular flexibility index (Phi) is 4.61. The van der Waals surface area contributed by atoms with Crippen LogP contribution in [0.3, 0.4) is 0 Å². The Balaban J connectivity index is 2.08. The fourth-order valence-corrected chi connectivity index (χ4v) is 2.33. The van der Waals surface area contributed by atoms with Crippen molar-refractivity contribution in [2.75, 3.05) is 18.0 Å². The van der Waals surface area contributed by atoms with E-state index in [0.29, 0.717) is 6.54 Å². The molecule has 1 aliphatic heterocycles. The number of aryl methyl sites for hydroxylation is 1. The van der Waals surface area contributed by atoms with Gasteiger partial charge in [-0.1, -0.05) is 25.1 Å². The smallest absolute Gasteiger partial charge is 0.321 e. The Bertz CT molecular complexity index is 502. The van der Waals surface area contributed by atoms with Gasteiger partial charge in [-0.15, -0.1) is 0 Å². The van der Waals surface area contributed by atoms with Crippen LogP contribution in [0, 0.1) is 5.92 Å². The van der Waals surface area contributed by atoms with Crippen LogP contribution in [0.4, 0.5) is 10.5 Å². The average Bonchev–Trinajstić information content (AvgIpc) is 2.66. The molecule has 0 aliphatic carbocycles. The number of carbonyl (C=O) groups is 2. The van der Waals surface area contributed by atoms with E-state index >= 15 is 0 Å². The summed E-state index contributed by atoms with van der Waals surface area (Å²) in [4.78, 5) is 24.8. The number of para-hydroxylation sites is 1. The number of urea groups is 1. The van der Waals surface area contributed by atoms with Gasteiger partial charge in [0.15, 0.2) is 0 Å². The Labute approximate surface area is 118 Å². The molecule has 0 aromatic heterocycles. The van der Waals surface area contributed by atoms with Gasteiger partial charge in [-0.2, -0.15) is 0 Å². The zero-order chi connectivity index (χ0) is 14.5. The molecule has 0 spiro atoms. The number of carbonyl (C=O) groups excluding carboxylic acids is 1. The fraction of sp³-hybridized carbons (Fsp3) is 0.467. The Morgan fingerprint density at radius 3 is 2.85 bits per heavy atom. The number of amides is 2. The molecule has 0 bridgehead atoms. The van der Waals surface area contributed by atoms with E-state index in [-0.39, 0.29) is 12.6 Å². The number of carboxylic acid groups (broad SMARTS) is 1. The molecule has 5 nitrogen and oxygen atoms in total. The van der Waals surface area contributed by atoms with Gasteiger partial charge in [0.2, 0.25) is 0 Å². The van der Waals surface area contributed by atoms with E-state index in [9.17, 15) is 9.59 Å². The van der Waals surface area contributed by atoms with Crippen molar-refractivity contribution in [3.05, 3.63) is 29.8 Å². The first-order valence-electron chi connectivity index (χ1n) is 6.95. The lowest BCUT2D eigenvalue weighted by atomic mass is 10.1. The quantitative estimate of drug-likeness (QED) is 0.889. The zero-order valence-corrected chi connectivity index (χ0v) is 11.6. The van der Waals surface area contributed by atoms with Crippen LogP contribution in [-0.4, -0.2) is 30.2 Å². The van der Waals surface area contributed by atoms with Crippen LogP contribution in [0.2, 0.25) is 0 Å². The van der Waals surface area contributed by atoms with E-state index in [1.54, 1.807) is 11.8 Å². The summed E-state index contributed by atoms with van der Waals surface area (Å²) >= 11 is 0. The van der Waals surface area contributed by atoms with Crippen molar-refractivity contribution in [1.29, 1.82) is 0 Å². The minimum atomic E-state index is -0.901. The number of aliphatic carboxylic acids is 1. The number of anilines is 1. The first-order chi connectivity index (χ1) is 9.59. The summed E-state index contributed by atoms with van der Waals surface area (Å²) in [5.41, 5.74) is 2.11. The molecule has 1 heterocycles. The Morgan fingerprint density at radius 1 is 1.35 bits per heavy atom. The van der Waals surface area contributed by atoms with Gasteiger partial charge >= 0.3 is 12.0 Å². The molecule has 1 unspecified atom stereocenters. The minimum Gasteiger partial charge on any atom is -0.481 e. The van der Waals surface area contributed by atoms with Gasteiger partial charge in [0.25, 0.3) is 0 Å². The van der Waals surface area contributed by atoms with Crippen LogP contribution >= 0.6 is 0 Å². The normalized spacial score (nSPS) is 15.9. The molecule has 2 N–H and O–H groups in total. The number of rotatable bonds is 3. The Morgan fingerprint density at radius 2 is 2.10 bits per heavy atom. The lowest BCUT2D eigenvalue weighted by molar-refractivity contribution is -0.140. The van der Waals surface area contributed by atoms with Crippen LogP contribution in [0.25, 0.3) is 0 Å². The highest BCUT2D eigenvalue weighted by atomic mass is 16.4. The van der Waals surface area contributed by atoms with Crippen molar-refractivity contribution < 1.29 is 14.7 Å². The lowest BCUT2D eigenvalue weighted by Gasteiger charge is -2.23. The largest absolute Gasteiger partial charge is 0.481 e. The summed E-state index contributed by atoms with van der Waals surface area (Å²) in [6.07, 6.45) is 2.99. The van der Waals surface area contributed by atoms with Crippen LogP contribution < -0.4 is 10.2 Å². The van der Waals surface area contributed by atoms with Crippen LogP contribution in [-0.2, 0) is 11.2 Å². The molecule has 5 heteroatoms. The minimum absolute atomic E-state index is 0.146. The summed E-state index contributed by atoms with van der Waals surface area (Å²) in [5, 5.41) is 11.6. The number of benzene rings is 1. The van der Waals surface area contributed by atoms with Crippen molar-refractivity contribution >= 4 is 17.7 Å². The van der Waals surface area contributed by atoms with Crippen molar-refractivity contribution in [3.8, 4) is 0 Å². The molecule has 0 saturated carbocycles. The second kappa shape index (κ2) is 6.41. The molecule has 20 heavy (non-hydrogen) atoms. The fourth-order valence-electron chi connectivity index (χ4n) is 2.33. The summed E-state index contributed by atoms with van der Waals surface area (Å²) in [7, 11) is 0. The van der Waals surface area contributed by atoms with E-state index in [4.69, 9.17) is 5.11 Å². The molecular formula is C15H20N2O3. The maximum Gasteiger partial charge on any atom is 0.321 e. The highest BCUT2D eigenvalue weighted by molar-refractivity contribution is 5.93. The monoisotopic (exact) mass is 276 g/mol. The van der Waals surface area contributed by atoms with Gasteiger partial charge in [-0.3, -0.25) is 9.69 Å². The summed E-state index contributed by atoms with van der Waals surface area (Å²) in [5.74, 6) is -1.48. The topological polar surface area (TPSA) is 69.6 Å². The van der Waals surface area contributed by atoms with Crippen molar-refractivity contribution in [2.24, 2.45) is 5.92 Å². The second-order valence-corrected chi connectivity index (χ2v) is 5.16. The first kappa shape index (κ1) is 14.4. The van der Waals surface area contributed by atoms with E-state index in [1.807, 2.05) is 24.3 Å². The maximum atomic E-state index is 12.3. The van der Waals surface area contributed by atoms with E-state index in [0.717, 1.165) is 24.9 Å². The van der Waals surface area contributed by atoms with Crippen LogP contribution in [0.15, 0.2) is 24.3 Å². The molecular weight excluding hydrogens is 256 g/mol. The molecule has 1 aromatic rings. The molecule has 0 radical (unpaired) electrons. The first-order valence-corrected chi connectivity index (χ1v) is 6.95. The number of hydrogen-bond donors (Lipinski definition) is 2. The van der Waals surface area contributed by atoms with Crippen molar-refractivity contribution in [1.82, 2.24) is 5.32 Å². The number of carboxylic acids is 1. The van der Waals surface area contributed by atoms with E-state index < -0.39 is 11.9 Å². The number of nitrogens with zero attached hydrogens (tertiary/aromatic N) is 1. The third-order valence-electron chi connectivity index (χ3n) is 3.59. The second-order valence-electron chi connectivity index (χ2n) is 5.16. The number of fused-ring (bicyclic) bond motifs is 1. The highest BCUT2D eigenvalue weighted by Gasteiger charge is 2.21. The lowest BCUT2D eigenvalue weighted by Crippen LogP contribution is -2.43. The highest BCUT2D eigenvalue weighted by Crippen LogP contribution is 2.25. The third-order valence-corrected chi connectivity index (χ3v) is 3.59. The molecule has 2 amide bonds. The molecule has 108 valence electrons. The average molecular weight is 276 g/mol. The van der Waals surface area contributed by atoms with Gasteiger partial charge in [-0.25, -0.2) is 4.79 Å². The summed E-state index contributed by atoms with van der Waals surface area (Å²) in [6.45, 7) is 2.40. The molecule has 1 atom stereocenters. The summed E-state index contributed by atoms with van der Waals surface area (Å²) < 4.78 is 0. The number of nitrogens with one attached hydrogen (secondary N) is 1. The van der Waals surface area contributed by atoms with Gasteiger partial charge in [0, 0.05) is 18.8 Å². The molecule has 0 saturated heterocycles. The van der Waals surface area contributed by atoms with E-state index in [1.165, 1.54) is 5.56 Å². The van der Waals surface area contributed by atoms with Crippen molar-refractivity contribution in [2.45, 2.75) is 26.2 Å². The SMILES string of the molecule is CC(CNC(=O)N1CCCCc2ccccc21)C(=O)O. The molecule has 0 fully saturated rings. The number of hydrogen-bond acceptors (Lipinski definition) is 2. The van der Waals surface area contributed by atoms with Gasteiger partial charge in [0.1, 0.15) is 0 Å². The summed E-state index contributed by atoms with van der Waals surface area (Å²) in [6, 6.07) is 7.67. The Hall–Kier alpha value is -2.04. The maximum absolute atomic E-state index is 12.3. The van der Waals surface area contributed by atoms with Gasteiger partial charge in [-0.05, 0) is 30.9 Å². The molecule has 2 rings (SSSR count). The van der Waals surface area contributed by atoms with Crippen LogP contribution in [0.5, 0.6) is 0 Å². The zero-order valence-electron chi connectivity index (χ0n) is 11.6. The van der Waals surface area contributed by atoms with Crippen molar-refractivity contribution in [3.63, 3.8) is 0 Å². The predicted octanol–water partition coefficient (Wildman–Crippen LogP) is 2.26. The van der Waals surface area contributed by atoms with Gasteiger partial charge < -0.3 is 10.4 Å². The standard InChI is InChI=1S/C15H20N2O3/c1-11(14(18)19)10-16-15(20)17-9-5-4-7-12-6-2-3-8-13(12)17/h2-3,6,8,11H,4-5,7,9-10H2,1H3,(H,16,20)(H,18,19).